The minimum atomic E-state index is -3.73. The van der Waals surface area contributed by atoms with E-state index in [1.807, 2.05) is 29.0 Å². The SMILES string of the molecule is Cc1oc(-c2cccs2)nc1-c1nccn1-c1ccc(S(N)(=O)=O)cc1. The summed E-state index contributed by atoms with van der Waals surface area (Å²) in [5.41, 5.74) is 1.37. The molecule has 0 unspecified atom stereocenters. The molecular weight excluding hydrogens is 372 g/mol. The van der Waals surface area contributed by atoms with Crippen molar-refractivity contribution in [1.82, 2.24) is 14.5 Å². The molecule has 132 valence electrons. The van der Waals surface area contributed by atoms with Crippen LogP contribution in [0.2, 0.25) is 0 Å². The van der Waals surface area contributed by atoms with E-state index < -0.39 is 10.0 Å². The van der Waals surface area contributed by atoms with Gasteiger partial charge in [-0.05, 0) is 42.6 Å². The number of oxazole rings is 1. The van der Waals surface area contributed by atoms with Gasteiger partial charge in [-0.3, -0.25) is 4.57 Å². The van der Waals surface area contributed by atoms with E-state index in [9.17, 15) is 8.42 Å². The molecule has 0 aliphatic rings. The maximum Gasteiger partial charge on any atom is 0.238 e. The maximum absolute atomic E-state index is 11.4. The van der Waals surface area contributed by atoms with Crippen molar-refractivity contribution in [2.75, 3.05) is 0 Å². The van der Waals surface area contributed by atoms with E-state index in [4.69, 9.17) is 9.56 Å². The number of rotatable bonds is 4. The van der Waals surface area contributed by atoms with Crippen LogP contribution in [-0.4, -0.2) is 23.0 Å². The summed E-state index contributed by atoms with van der Waals surface area (Å²) in [6, 6.07) is 10.1. The summed E-state index contributed by atoms with van der Waals surface area (Å²) in [5.74, 6) is 1.81. The van der Waals surface area contributed by atoms with Gasteiger partial charge in [0.25, 0.3) is 0 Å². The molecule has 1 aromatic carbocycles. The molecule has 4 rings (SSSR count). The van der Waals surface area contributed by atoms with Crippen LogP contribution < -0.4 is 5.14 Å². The lowest BCUT2D eigenvalue weighted by Gasteiger charge is -2.07. The molecule has 0 saturated heterocycles. The highest BCUT2D eigenvalue weighted by Gasteiger charge is 2.18. The molecule has 0 radical (unpaired) electrons. The summed E-state index contributed by atoms with van der Waals surface area (Å²) in [6.45, 7) is 1.84. The molecule has 0 bridgehead atoms. The average Bonchev–Trinajstić information content (AvgIpc) is 3.34. The fourth-order valence-corrected chi connectivity index (χ4v) is 3.76. The maximum atomic E-state index is 11.4. The molecule has 3 heterocycles. The van der Waals surface area contributed by atoms with Crippen LogP contribution in [0.25, 0.3) is 28.0 Å². The van der Waals surface area contributed by atoms with E-state index in [1.54, 1.807) is 35.9 Å². The van der Waals surface area contributed by atoms with Gasteiger partial charge in [0.1, 0.15) is 11.5 Å². The molecule has 0 aliphatic heterocycles. The van der Waals surface area contributed by atoms with Crippen LogP contribution in [0, 0.1) is 6.92 Å². The van der Waals surface area contributed by atoms with E-state index in [-0.39, 0.29) is 4.90 Å². The lowest BCUT2D eigenvalue weighted by Crippen LogP contribution is -2.12. The molecule has 0 amide bonds. The number of benzene rings is 1. The second kappa shape index (κ2) is 6.20. The highest BCUT2D eigenvalue weighted by molar-refractivity contribution is 7.89. The first kappa shape index (κ1) is 16.7. The number of primary sulfonamides is 1. The minimum Gasteiger partial charge on any atom is -0.440 e. The second-order valence-electron chi connectivity index (χ2n) is 5.56. The van der Waals surface area contributed by atoms with E-state index in [0.29, 0.717) is 23.2 Å². The third-order valence-electron chi connectivity index (χ3n) is 3.82. The Morgan fingerprint density at radius 2 is 1.96 bits per heavy atom. The van der Waals surface area contributed by atoms with Crippen LogP contribution in [0.4, 0.5) is 0 Å². The lowest BCUT2D eigenvalue weighted by molar-refractivity contribution is 0.544. The first-order valence-corrected chi connectivity index (χ1v) is 10.0. The van der Waals surface area contributed by atoms with E-state index in [1.165, 1.54) is 12.1 Å². The predicted molar refractivity (Wildman–Crippen MR) is 98.5 cm³/mol. The fraction of sp³-hybridized carbons (Fsp3) is 0.0588. The Balaban J connectivity index is 1.76. The van der Waals surface area contributed by atoms with Crippen molar-refractivity contribution in [2.45, 2.75) is 11.8 Å². The van der Waals surface area contributed by atoms with Crippen molar-refractivity contribution < 1.29 is 12.8 Å². The van der Waals surface area contributed by atoms with E-state index in [2.05, 4.69) is 9.97 Å². The van der Waals surface area contributed by atoms with Crippen LogP contribution >= 0.6 is 11.3 Å². The number of hydrogen-bond donors (Lipinski definition) is 1. The Kier molecular flexibility index (Phi) is 3.98. The predicted octanol–water partition coefficient (Wildman–Crippen LogP) is 3.21. The number of thiophene rings is 1. The Morgan fingerprint density at radius 1 is 1.19 bits per heavy atom. The third-order valence-corrected chi connectivity index (χ3v) is 5.61. The number of sulfonamides is 1. The van der Waals surface area contributed by atoms with Gasteiger partial charge in [-0.25, -0.2) is 23.5 Å². The zero-order chi connectivity index (χ0) is 18.3. The molecule has 0 fully saturated rings. The van der Waals surface area contributed by atoms with Gasteiger partial charge in [0.15, 0.2) is 5.82 Å². The summed E-state index contributed by atoms with van der Waals surface area (Å²) < 4.78 is 30.4. The normalized spacial score (nSPS) is 11.8. The Labute approximate surface area is 153 Å². The molecule has 4 aromatic rings. The molecule has 3 aromatic heterocycles. The Hall–Kier alpha value is -2.75. The van der Waals surface area contributed by atoms with Crippen molar-refractivity contribution in [1.29, 1.82) is 0 Å². The summed E-state index contributed by atoms with van der Waals surface area (Å²) in [5, 5.41) is 7.11. The molecule has 0 aliphatic carbocycles. The summed E-state index contributed by atoms with van der Waals surface area (Å²) in [4.78, 5) is 9.97. The number of hydrogen-bond acceptors (Lipinski definition) is 6. The molecule has 0 atom stereocenters. The number of imidazole rings is 1. The Bertz CT molecular complexity index is 1160. The number of aromatic nitrogens is 3. The van der Waals surface area contributed by atoms with Gasteiger partial charge < -0.3 is 4.42 Å². The zero-order valence-corrected chi connectivity index (χ0v) is 15.3. The molecule has 7 nitrogen and oxygen atoms in total. The molecule has 2 N–H and O–H groups in total. The lowest BCUT2D eigenvalue weighted by atomic mass is 10.3. The largest absolute Gasteiger partial charge is 0.440 e. The van der Waals surface area contributed by atoms with Crippen LogP contribution in [0.5, 0.6) is 0 Å². The molecule has 0 spiro atoms. The summed E-state index contributed by atoms with van der Waals surface area (Å²) in [6.07, 6.45) is 3.43. The highest BCUT2D eigenvalue weighted by Crippen LogP contribution is 2.31. The van der Waals surface area contributed by atoms with Gasteiger partial charge in [-0.15, -0.1) is 11.3 Å². The van der Waals surface area contributed by atoms with Crippen molar-refractivity contribution in [3.63, 3.8) is 0 Å². The molecule has 26 heavy (non-hydrogen) atoms. The van der Waals surface area contributed by atoms with Crippen molar-refractivity contribution in [2.24, 2.45) is 5.14 Å². The second-order valence-corrected chi connectivity index (χ2v) is 8.07. The first-order valence-electron chi connectivity index (χ1n) is 7.62. The Morgan fingerprint density at radius 3 is 2.62 bits per heavy atom. The number of nitrogens with zero attached hydrogens (tertiary/aromatic N) is 3. The monoisotopic (exact) mass is 386 g/mol. The van der Waals surface area contributed by atoms with Crippen LogP contribution in [0.3, 0.4) is 0 Å². The minimum absolute atomic E-state index is 0.0560. The van der Waals surface area contributed by atoms with Crippen LogP contribution in [0.1, 0.15) is 5.76 Å². The topological polar surface area (TPSA) is 104 Å². The smallest absolute Gasteiger partial charge is 0.238 e. The van der Waals surface area contributed by atoms with Gasteiger partial charge in [-0.1, -0.05) is 6.07 Å². The first-order chi connectivity index (χ1) is 12.4. The van der Waals surface area contributed by atoms with Gasteiger partial charge >= 0.3 is 0 Å². The summed E-state index contributed by atoms with van der Waals surface area (Å²) >= 11 is 1.55. The van der Waals surface area contributed by atoms with Gasteiger partial charge in [0.05, 0.1) is 9.77 Å². The van der Waals surface area contributed by atoms with Crippen molar-refractivity contribution >= 4 is 21.4 Å². The van der Waals surface area contributed by atoms with Crippen LogP contribution in [-0.2, 0) is 10.0 Å². The van der Waals surface area contributed by atoms with Crippen molar-refractivity contribution in [3.8, 4) is 28.0 Å². The quantitative estimate of drug-likeness (QED) is 0.580. The summed E-state index contributed by atoms with van der Waals surface area (Å²) in [7, 11) is -3.73. The zero-order valence-electron chi connectivity index (χ0n) is 13.7. The van der Waals surface area contributed by atoms with Gasteiger partial charge in [0.2, 0.25) is 15.9 Å². The van der Waals surface area contributed by atoms with Gasteiger partial charge in [0, 0.05) is 18.1 Å². The molecule has 0 saturated carbocycles. The molecule has 9 heteroatoms. The highest BCUT2D eigenvalue weighted by atomic mass is 32.2. The third kappa shape index (κ3) is 2.96. The molecular formula is C17H14N4O3S2. The van der Waals surface area contributed by atoms with E-state index >= 15 is 0 Å². The standard InChI is InChI=1S/C17H14N4O3S2/c1-11-15(20-17(24-11)14-3-2-10-25-14)16-19-8-9-21(16)12-4-6-13(7-5-12)26(18,22)23/h2-10H,1H3,(H2,18,22,23). The number of nitrogens with two attached hydrogens (primary N) is 1. The number of aryl methyl sites for hydroxylation is 1. The van der Waals surface area contributed by atoms with Crippen LogP contribution in [0.15, 0.2) is 63.5 Å². The van der Waals surface area contributed by atoms with Gasteiger partial charge in [-0.2, -0.15) is 0 Å². The van der Waals surface area contributed by atoms with Crippen molar-refractivity contribution in [3.05, 3.63) is 59.9 Å². The average molecular weight is 386 g/mol. The fourth-order valence-electron chi connectivity index (χ4n) is 2.59. The van der Waals surface area contributed by atoms with E-state index in [0.717, 1.165) is 10.6 Å².